The minimum absolute atomic E-state index is 0.0166. The van der Waals surface area contributed by atoms with Crippen LogP contribution in [0.25, 0.3) is 0 Å². The van der Waals surface area contributed by atoms with E-state index in [1.54, 1.807) is 19.1 Å². The number of fused-ring (bicyclic) bond motifs is 1. The molecule has 0 spiro atoms. The molecule has 8 nitrogen and oxygen atoms in total. The number of carbonyl (C=O) groups excluding carboxylic acids is 1. The number of nitrogens with zero attached hydrogens (tertiary/aromatic N) is 3. The Morgan fingerprint density at radius 3 is 2.53 bits per heavy atom. The number of thiazole rings is 1. The van der Waals surface area contributed by atoms with Gasteiger partial charge in [0.2, 0.25) is 5.91 Å². The Balaban J connectivity index is 1.32. The van der Waals surface area contributed by atoms with Gasteiger partial charge in [0.05, 0.1) is 22.8 Å². The van der Waals surface area contributed by atoms with Gasteiger partial charge in [0, 0.05) is 36.8 Å². The molecule has 4 rings (SSSR count). The number of halogens is 2. The molecular weight excluding hydrogens is 486 g/mol. The van der Waals surface area contributed by atoms with Crippen LogP contribution >= 0.6 is 11.3 Å². The van der Waals surface area contributed by atoms with Crippen LogP contribution in [-0.4, -0.2) is 34.5 Å². The summed E-state index contributed by atoms with van der Waals surface area (Å²) in [5, 5.41) is 3.27. The zero-order valence-corrected chi connectivity index (χ0v) is 19.8. The quantitative estimate of drug-likeness (QED) is 0.502. The van der Waals surface area contributed by atoms with Gasteiger partial charge in [-0.3, -0.25) is 19.1 Å². The van der Waals surface area contributed by atoms with Crippen LogP contribution < -0.4 is 10.9 Å². The van der Waals surface area contributed by atoms with E-state index < -0.39 is 21.9 Å². The first-order valence-corrected chi connectivity index (χ1v) is 12.9. The van der Waals surface area contributed by atoms with Crippen LogP contribution in [-0.2, 0) is 40.7 Å². The highest BCUT2D eigenvalue weighted by Crippen LogP contribution is 2.31. The maximum atomic E-state index is 12.7. The second kappa shape index (κ2) is 9.72. The summed E-state index contributed by atoms with van der Waals surface area (Å²) in [4.78, 5) is 31.9. The van der Waals surface area contributed by atoms with E-state index in [9.17, 15) is 26.8 Å². The molecule has 0 unspecified atom stereocenters. The lowest BCUT2D eigenvalue weighted by atomic mass is 10.1. The molecule has 180 valence electrons. The number of pyridine rings is 1. The number of rotatable bonds is 8. The molecule has 3 aromatic rings. The summed E-state index contributed by atoms with van der Waals surface area (Å²) >= 11 is 1.36. The molecule has 12 heteroatoms. The predicted molar refractivity (Wildman–Crippen MR) is 124 cm³/mol. The van der Waals surface area contributed by atoms with Gasteiger partial charge < -0.3 is 5.32 Å². The van der Waals surface area contributed by atoms with Crippen LogP contribution in [0.3, 0.4) is 0 Å². The molecule has 0 saturated carbocycles. The van der Waals surface area contributed by atoms with E-state index >= 15 is 0 Å². The second-order valence-corrected chi connectivity index (χ2v) is 11.2. The van der Waals surface area contributed by atoms with E-state index in [1.165, 1.54) is 35.6 Å². The van der Waals surface area contributed by atoms with E-state index in [-0.39, 0.29) is 23.0 Å². The molecule has 0 radical (unpaired) electrons. The zero-order chi connectivity index (χ0) is 24.5. The molecule has 2 aromatic heterocycles. The molecule has 1 N–H and O–H groups in total. The molecule has 3 heterocycles. The molecular formula is C22H22F2N4O4S2. The Hall–Kier alpha value is -2.96. The highest BCUT2D eigenvalue weighted by atomic mass is 32.2. The molecule has 1 aliphatic rings. The van der Waals surface area contributed by atoms with Crippen LogP contribution in [0.4, 0.5) is 13.9 Å². The number of sulfone groups is 1. The number of benzene rings is 1. The maximum Gasteiger partial charge on any atom is 0.321 e. The van der Waals surface area contributed by atoms with E-state index in [1.807, 2.05) is 4.90 Å². The summed E-state index contributed by atoms with van der Waals surface area (Å²) in [6, 6.07) is 8.97. The van der Waals surface area contributed by atoms with Gasteiger partial charge in [-0.2, -0.15) is 8.78 Å². The lowest BCUT2D eigenvalue weighted by Crippen LogP contribution is -2.22. The summed E-state index contributed by atoms with van der Waals surface area (Å²) in [5.74, 6) is -0.238. The number of hydrogen-bond donors (Lipinski definition) is 1. The van der Waals surface area contributed by atoms with E-state index in [0.29, 0.717) is 40.5 Å². The smallest absolute Gasteiger partial charge is 0.302 e. The topological polar surface area (TPSA) is 101 Å². The third-order valence-electron chi connectivity index (χ3n) is 5.42. The Bertz CT molecular complexity index is 1340. The van der Waals surface area contributed by atoms with Gasteiger partial charge in [0.15, 0.2) is 15.0 Å². The molecule has 0 saturated heterocycles. The first kappa shape index (κ1) is 24.2. The average Bonchev–Trinajstić information content (AvgIpc) is 3.31. The van der Waals surface area contributed by atoms with Gasteiger partial charge in [-0.15, -0.1) is 11.3 Å². The minimum Gasteiger partial charge on any atom is -0.302 e. The van der Waals surface area contributed by atoms with Gasteiger partial charge in [-0.25, -0.2) is 13.4 Å². The zero-order valence-electron chi connectivity index (χ0n) is 18.2. The van der Waals surface area contributed by atoms with Crippen LogP contribution in [0.2, 0.25) is 0 Å². The van der Waals surface area contributed by atoms with Crippen LogP contribution in [0.1, 0.15) is 35.2 Å². The minimum atomic E-state index is -3.28. The molecule has 1 aromatic carbocycles. The normalized spacial score (nSPS) is 13.9. The van der Waals surface area contributed by atoms with Crippen molar-refractivity contribution in [2.75, 3.05) is 11.1 Å². The lowest BCUT2D eigenvalue weighted by Gasteiger charge is -2.15. The fourth-order valence-corrected chi connectivity index (χ4v) is 5.56. The fraction of sp³-hybridized carbons (Fsp3) is 0.318. The van der Waals surface area contributed by atoms with Crippen molar-refractivity contribution in [3.8, 4) is 0 Å². The third-order valence-corrected chi connectivity index (χ3v) is 8.17. The third kappa shape index (κ3) is 5.40. The van der Waals surface area contributed by atoms with Gasteiger partial charge >= 0.3 is 6.55 Å². The van der Waals surface area contributed by atoms with E-state index in [2.05, 4.69) is 10.3 Å². The number of amides is 1. The monoisotopic (exact) mass is 508 g/mol. The first-order chi connectivity index (χ1) is 16.1. The molecule has 1 aliphatic heterocycles. The van der Waals surface area contributed by atoms with Crippen molar-refractivity contribution in [2.24, 2.45) is 0 Å². The fourth-order valence-electron chi connectivity index (χ4n) is 3.65. The Kier molecular flexibility index (Phi) is 6.91. The average molecular weight is 509 g/mol. The first-order valence-electron chi connectivity index (χ1n) is 10.5. The summed E-state index contributed by atoms with van der Waals surface area (Å²) in [5.41, 5.74) is 1.42. The van der Waals surface area contributed by atoms with Crippen LogP contribution in [0, 0.1) is 0 Å². The lowest BCUT2D eigenvalue weighted by molar-refractivity contribution is -0.115. The van der Waals surface area contributed by atoms with Crippen molar-refractivity contribution in [1.29, 1.82) is 0 Å². The summed E-state index contributed by atoms with van der Waals surface area (Å²) in [6.45, 7) is 0.236. The summed E-state index contributed by atoms with van der Waals surface area (Å²) in [7, 11) is -3.28. The van der Waals surface area contributed by atoms with Crippen molar-refractivity contribution in [1.82, 2.24) is 14.5 Å². The maximum absolute atomic E-state index is 12.7. The molecule has 34 heavy (non-hydrogen) atoms. The van der Waals surface area contributed by atoms with Crippen LogP contribution in [0.5, 0.6) is 0 Å². The van der Waals surface area contributed by atoms with E-state index in [4.69, 9.17) is 0 Å². The van der Waals surface area contributed by atoms with Crippen LogP contribution in [0.15, 0.2) is 52.3 Å². The van der Waals surface area contributed by atoms with Crippen molar-refractivity contribution in [3.05, 3.63) is 74.6 Å². The Morgan fingerprint density at radius 1 is 1.18 bits per heavy atom. The highest BCUT2D eigenvalue weighted by Gasteiger charge is 2.24. The number of aromatic nitrogens is 2. The van der Waals surface area contributed by atoms with E-state index in [0.717, 1.165) is 16.8 Å². The Labute approximate surface area is 198 Å². The number of alkyl halides is 2. The number of nitrogens with one attached hydrogen (secondary N) is 1. The molecule has 0 aliphatic carbocycles. The van der Waals surface area contributed by atoms with Gasteiger partial charge in [-0.1, -0.05) is 19.1 Å². The highest BCUT2D eigenvalue weighted by molar-refractivity contribution is 7.91. The summed E-state index contributed by atoms with van der Waals surface area (Å²) in [6.07, 6.45) is 1.18. The largest absolute Gasteiger partial charge is 0.321 e. The summed E-state index contributed by atoms with van der Waals surface area (Å²) < 4.78 is 49.6. The van der Waals surface area contributed by atoms with Crippen molar-refractivity contribution in [3.63, 3.8) is 0 Å². The molecule has 0 bridgehead atoms. The predicted octanol–water partition coefficient (Wildman–Crippen LogP) is 3.19. The Morgan fingerprint density at radius 2 is 1.91 bits per heavy atom. The van der Waals surface area contributed by atoms with Crippen molar-refractivity contribution < 1.29 is 22.0 Å². The SMILES string of the molecule is CCS(=O)(=O)c1ccc(CC(=O)Nc2nc3c(s2)CN(Cc2ccn(C(F)F)c(=O)c2)C3)cc1. The van der Waals surface area contributed by atoms with Gasteiger partial charge in [0.1, 0.15) is 0 Å². The second-order valence-electron chi connectivity index (χ2n) is 7.86. The van der Waals surface area contributed by atoms with Crippen molar-refractivity contribution in [2.45, 2.75) is 44.4 Å². The standard InChI is InChI=1S/C22H22F2N4O4S2/c1-2-34(31,32)16-5-3-14(4-6-16)9-19(29)26-22-25-17-12-27(13-18(17)33-22)11-15-7-8-28(21(23)24)20(30)10-15/h3-8,10,21H,2,9,11-13H2,1H3,(H,25,26,29). The number of anilines is 1. The molecule has 0 fully saturated rings. The van der Waals surface area contributed by atoms with Gasteiger partial charge in [0.25, 0.3) is 5.56 Å². The number of carbonyl (C=O) groups is 1. The number of hydrogen-bond acceptors (Lipinski definition) is 7. The molecule has 0 atom stereocenters. The van der Waals surface area contributed by atoms with Crippen molar-refractivity contribution >= 4 is 32.2 Å². The van der Waals surface area contributed by atoms with Gasteiger partial charge in [-0.05, 0) is 29.3 Å². The molecule has 1 amide bonds.